The zero-order valence-corrected chi connectivity index (χ0v) is 10.5. The quantitative estimate of drug-likeness (QED) is 0.882. The van der Waals surface area contributed by atoms with Gasteiger partial charge in [-0.25, -0.2) is 4.68 Å². The maximum absolute atomic E-state index is 4.42. The average Bonchev–Trinajstić information content (AvgIpc) is 2.98. The lowest BCUT2D eigenvalue weighted by atomic mass is 10.3. The normalized spacial score (nSPS) is 24.1. The molecule has 2 unspecified atom stereocenters. The summed E-state index contributed by atoms with van der Waals surface area (Å²) in [5.41, 5.74) is 2.36. The molecule has 4 heteroatoms. The van der Waals surface area contributed by atoms with E-state index in [1.807, 2.05) is 40.8 Å². The molecule has 0 radical (unpaired) electrons. The Balaban J connectivity index is 1.84. The highest BCUT2D eigenvalue weighted by Gasteiger charge is 2.23. The van der Waals surface area contributed by atoms with Gasteiger partial charge in [0.25, 0.3) is 0 Å². The molecule has 1 aliphatic heterocycles. The summed E-state index contributed by atoms with van der Waals surface area (Å²) in [6, 6.07) is 10.2. The van der Waals surface area contributed by atoms with E-state index in [4.69, 9.17) is 0 Å². The Hall–Kier alpha value is -1.26. The Labute approximate surface area is 105 Å². The first-order valence-corrected chi connectivity index (χ1v) is 6.76. The van der Waals surface area contributed by atoms with E-state index in [1.165, 1.54) is 5.56 Å². The molecule has 0 amide bonds. The van der Waals surface area contributed by atoms with Crippen LogP contribution in [0, 0.1) is 0 Å². The zero-order valence-electron chi connectivity index (χ0n) is 9.71. The second-order valence-corrected chi connectivity index (χ2v) is 5.84. The smallest absolute Gasteiger partial charge is 0.0823 e. The maximum Gasteiger partial charge on any atom is 0.0823 e. The van der Waals surface area contributed by atoms with Crippen molar-refractivity contribution in [1.29, 1.82) is 0 Å². The highest BCUT2D eigenvalue weighted by Crippen LogP contribution is 2.34. The number of hydrogen-bond donors (Lipinski definition) is 1. The molecule has 1 fully saturated rings. The van der Waals surface area contributed by atoms with Crippen molar-refractivity contribution in [2.75, 3.05) is 6.54 Å². The third kappa shape index (κ3) is 2.23. The molecular formula is C13H15N3S. The van der Waals surface area contributed by atoms with E-state index in [9.17, 15) is 0 Å². The molecule has 0 bridgehead atoms. The summed E-state index contributed by atoms with van der Waals surface area (Å²) in [7, 11) is 0. The standard InChI is InChI=1S/C13H15N3S/c1-10-7-14-13(17-10)11-8-15-16(9-11)12-5-3-2-4-6-12/h2-6,8-10,13-14H,7H2,1H3. The molecule has 0 spiro atoms. The Bertz CT molecular complexity index is 494. The maximum atomic E-state index is 4.42. The second kappa shape index (κ2) is 4.55. The summed E-state index contributed by atoms with van der Waals surface area (Å²) in [4.78, 5) is 0. The molecule has 1 aromatic carbocycles. The van der Waals surface area contributed by atoms with Gasteiger partial charge in [0, 0.05) is 23.6 Å². The van der Waals surface area contributed by atoms with Crippen LogP contribution in [0.3, 0.4) is 0 Å². The number of aromatic nitrogens is 2. The predicted molar refractivity (Wildman–Crippen MR) is 71.4 cm³/mol. The second-order valence-electron chi connectivity index (χ2n) is 4.29. The minimum Gasteiger partial charge on any atom is -0.300 e. The third-order valence-corrected chi connectivity index (χ3v) is 4.23. The van der Waals surface area contributed by atoms with Gasteiger partial charge in [-0.1, -0.05) is 25.1 Å². The molecule has 2 atom stereocenters. The van der Waals surface area contributed by atoms with Crippen LogP contribution in [0.1, 0.15) is 17.9 Å². The molecule has 2 heterocycles. The fourth-order valence-corrected chi connectivity index (χ4v) is 3.12. The lowest BCUT2D eigenvalue weighted by Crippen LogP contribution is -2.13. The lowest BCUT2D eigenvalue weighted by Gasteiger charge is -2.05. The van der Waals surface area contributed by atoms with Gasteiger partial charge in [-0.05, 0) is 12.1 Å². The Morgan fingerprint density at radius 3 is 2.88 bits per heavy atom. The van der Waals surface area contributed by atoms with Crippen LogP contribution in [-0.2, 0) is 0 Å². The molecule has 0 saturated carbocycles. The van der Waals surface area contributed by atoms with Gasteiger partial charge in [0.1, 0.15) is 0 Å². The number of benzene rings is 1. The van der Waals surface area contributed by atoms with Crippen LogP contribution in [0.4, 0.5) is 0 Å². The van der Waals surface area contributed by atoms with Gasteiger partial charge < -0.3 is 5.32 Å². The van der Waals surface area contributed by atoms with E-state index < -0.39 is 0 Å². The van der Waals surface area contributed by atoms with E-state index in [2.05, 4.69) is 35.7 Å². The topological polar surface area (TPSA) is 29.9 Å². The highest BCUT2D eigenvalue weighted by atomic mass is 32.2. The molecule has 1 aromatic heterocycles. The average molecular weight is 245 g/mol. The van der Waals surface area contributed by atoms with E-state index in [0.717, 1.165) is 12.2 Å². The first-order chi connectivity index (χ1) is 8.33. The molecule has 1 aliphatic rings. The summed E-state index contributed by atoms with van der Waals surface area (Å²) in [6.07, 6.45) is 4.06. The minimum atomic E-state index is 0.391. The monoisotopic (exact) mass is 245 g/mol. The van der Waals surface area contributed by atoms with Crippen molar-refractivity contribution >= 4 is 11.8 Å². The SMILES string of the molecule is CC1CNC(c2cnn(-c3ccccc3)c2)S1. The number of rotatable bonds is 2. The summed E-state index contributed by atoms with van der Waals surface area (Å²) in [5, 5.41) is 8.99. The van der Waals surface area contributed by atoms with Crippen LogP contribution in [-0.4, -0.2) is 21.6 Å². The van der Waals surface area contributed by atoms with Crippen molar-refractivity contribution < 1.29 is 0 Å². The van der Waals surface area contributed by atoms with Crippen molar-refractivity contribution in [3.63, 3.8) is 0 Å². The largest absolute Gasteiger partial charge is 0.300 e. The first-order valence-electron chi connectivity index (χ1n) is 5.82. The Morgan fingerprint density at radius 1 is 1.35 bits per heavy atom. The van der Waals surface area contributed by atoms with Crippen molar-refractivity contribution in [3.05, 3.63) is 48.3 Å². The summed E-state index contributed by atoms with van der Waals surface area (Å²) >= 11 is 1.96. The van der Waals surface area contributed by atoms with Gasteiger partial charge in [-0.3, -0.25) is 0 Å². The molecule has 1 saturated heterocycles. The Kier molecular flexibility index (Phi) is 2.91. The van der Waals surface area contributed by atoms with Crippen molar-refractivity contribution in [2.45, 2.75) is 17.5 Å². The minimum absolute atomic E-state index is 0.391. The molecule has 2 aromatic rings. The number of nitrogens with zero attached hydrogens (tertiary/aromatic N) is 2. The molecule has 0 aliphatic carbocycles. The number of thioether (sulfide) groups is 1. The number of nitrogens with one attached hydrogen (secondary N) is 1. The lowest BCUT2D eigenvalue weighted by molar-refractivity contribution is 0.717. The fraction of sp³-hybridized carbons (Fsp3) is 0.308. The van der Waals surface area contributed by atoms with E-state index in [0.29, 0.717) is 10.6 Å². The van der Waals surface area contributed by atoms with Gasteiger partial charge in [0.15, 0.2) is 0 Å². The summed E-state index contributed by atoms with van der Waals surface area (Å²) in [5.74, 6) is 0. The van der Waals surface area contributed by atoms with Crippen LogP contribution < -0.4 is 5.32 Å². The first kappa shape index (κ1) is 10.9. The van der Waals surface area contributed by atoms with Gasteiger partial charge in [0.05, 0.1) is 17.3 Å². The molecule has 3 nitrogen and oxygen atoms in total. The molecule has 1 N–H and O–H groups in total. The van der Waals surface area contributed by atoms with Gasteiger partial charge in [-0.15, -0.1) is 11.8 Å². The molecular weight excluding hydrogens is 230 g/mol. The van der Waals surface area contributed by atoms with E-state index in [1.54, 1.807) is 0 Å². The number of para-hydroxylation sites is 1. The van der Waals surface area contributed by atoms with Gasteiger partial charge >= 0.3 is 0 Å². The summed E-state index contributed by atoms with van der Waals surface area (Å²) in [6.45, 7) is 3.32. The van der Waals surface area contributed by atoms with Crippen LogP contribution in [0.25, 0.3) is 5.69 Å². The molecule has 3 rings (SSSR count). The van der Waals surface area contributed by atoms with Crippen molar-refractivity contribution in [1.82, 2.24) is 15.1 Å². The third-order valence-electron chi connectivity index (χ3n) is 2.89. The van der Waals surface area contributed by atoms with Gasteiger partial charge in [0.2, 0.25) is 0 Å². The molecule has 17 heavy (non-hydrogen) atoms. The number of hydrogen-bond acceptors (Lipinski definition) is 3. The van der Waals surface area contributed by atoms with E-state index in [-0.39, 0.29) is 0 Å². The zero-order chi connectivity index (χ0) is 11.7. The van der Waals surface area contributed by atoms with E-state index >= 15 is 0 Å². The van der Waals surface area contributed by atoms with Crippen molar-refractivity contribution in [3.8, 4) is 5.69 Å². The summed E-state index contributed by atoms with van der Waals surface area (Å²) < 4.78 is 1.93. The molecule has 88 valence electrons. The fourth-order valence-electron chi connectivity index (χ4n) is 1.99. The van der Waals surface area contributed by atoms with Crippen LogP contribution in [0.5, 0.6) is 0 Å². The van der Waals surface area contributed by atoms with Gasteiger partial charge in [-0.2, -0.15) is 5.10 Å². The predicted octanol–water partition coefficient (Wildman–Crippen LogP) is 2.60. The van der Waals surface area contributed by atoms with Crippen LogP contribution in [0.15, 0.2) is 42.7 Å². The van der Waals surface area contributed by atoms with Crippen LogP contribution in [0.2, 0.25) is 0 Å². The van der Waals surface area contributed by atoms with Crippen molar-refractivity contribution in [2.24, 2.45) is 0 Å². The van der Waals surface area contributed by atoms with Crippen LogP contribution >= 0.6 is 11.8 Å². The highest BCUT2D eigenvalue weighted by molar-refractivity contribution is 8.00. The Morgan fingerprint density at radius 2 is 2.18 bits per heavy atom.